The van der Waals surface area contributed by atoms with E-state index in [-0.39, 0.29) is 10.6 Å². The van der Waals surface area contributed by atoms with Crippen LogP contribution in [0.5, 0.6) is 0 Å². The Bertz CT molecular complexity index is 1110. The molecule has 3 rings (SSSR count). The first-order valence-corrected chi connectivity index (χ1v) is 8.92. The van der Waals surface area contributed by atoms with Gasteiger partial charge in [-0.1, -0.05) is 12.1 Å². The van der Waals surface area contributed by atoms with Crippen LogP contribution in [0.3, 0.4) is 0 Å². The van der Waals surface area contributed by atoms with Gasteiger partial charge in [-0.25, -0.2) is 17.6 Å². The van der Waals surface area contributed by atoms with E-state index in [2.05, 4.69) is 0 Å². The summed E-state index contributed by atoms with van der Waals surface area (Å²) in [5.41, 5.74) is 2.05. The van der Waals surface area contributed by atoms with Gasteiger partial charge in [-0.15, -0.1) is 0 Å². The van der Waals surface area contributed by atoms with Gasteiger partial charge in [0.2, 0.25) is 0 Å². The summed E-state index contributed by atoms with van der Waals surface area (Å²) in [7, 11) is -2.19. The summed E-state index contributed by atoms with van der Waals surface area (Å²) >= 11 is 0. The summed E-state index contributed by atoms with van der Waals surface area (Å²) in [6, 6.07) is 7.33. The molecule has 0 unspecified atom stereocenters. The lowest BCUT2D eigenvalue weighted by Crippen LogP contribution is -2.10. The molecule has 0 aliphatic heterocycles. The Labute approximate surface area is 138 Å². The third kappa shape index (κ3) is 2.75. The maximum Gasteiger partial charge on any atom is 0.419 e. The van der Waals surface area contributed by atoms with Crippen molar-refractivity contribution < 1.29 is 17.2 Å². The Kier molecular flexibility index (Phi) is 3.83. The average Bonchev–Trinajstić information content (AvgIpc) is 2.76. The molecule has 0 N–H and O–H groups in total. The molecule has 0 saturated heterocycles. The molecule has 126 valence electrons. The lowest BCUT2D eigenvalue weighted by atomic mass is 10.2. The fourth-order valence-corrected chi connectivity index (χ4v) is 4.23. The van der Waals surface area contributed by atoms with Crippen molar-refractivity contribution in [1.82, 2.24) is 4.57 Å². The van der Waals surface area contributed by atoms with Gasteiger partial charge in [0, 0.05) is 7.05 Å². The molecule has 0 fully saturated rings. The van der Waals surface area contributed by atoms with Gasteiger partial charge in [0.1, 0.15) is 5.82 Å². The number of aryl methyl sites for hydroxylation is 3. The monoisotopic (exact) mass is 349 g/mol. The minimum absolute atomic E-state index is 0.104. The van der Waals surface area contributed by atoms with Gasteiger partial charge < -0.3 is 4.42 Å². The number of sulfone groups is 1. The molecule has 1 heterocycles. The van der Waals surface area contributed by atoms with E-state index >= 15 is 0 Å². The molecule has 0 bridgehead atoms. The molecule has 5 nitrogen and oxygen atoms in total. The molecule has 7 heteroatoms. The Morgan fingerprint density at radius 1 is 1.12 bits per heavy atom. The maximum absolute atomic E-state index is 13.7. The minimum atomic E-state index is -3.70. The molecule has 0 atom stereocenters. The highest BCUT2D eigenvalue weighted by Gasteiger charge is 2.21. The van der Waals surface area contributed by atoms with Crippen molar-refractivity contribution in [1.29, 1.82) is 0 Å². The van der Waals surface area contributed by atoms with E-state index in [1.54, 1.807) is 26.0 Å². The molecule has 2 aromatic carbocycles. The maximum atomic E-state index is 13.7. The Balaban J connectivity index is 2.10. The third-order valence-electron chi connectivity index (χ3n) is 4.02. The van der Waals surface area contributed by atoms with Crippen LogP contribution in [-0.2, 0) is 22.6 Å². The first-order chi connectivity index (χ1) is 11.2. The lowest BCUT2D eigenvalue weighted by Gasteiger charge is -2.09. The highest BCUT2D eigenvalue weighted by atomic mass is 32.2. The van der Waals surface area contributed by atoms with E-state index in [0.29, 0.717) is 27.8 Å². The number of benzene rings is 2. The Morgan fingerprint density at radius 2 is 1.83 bits per heavy atom. The van der Waals surface area contributed by atoms with E-state index in [0.717, 1.165) is 0 Å². The minimum Gasteiger partial charge on any atom is -0.408 e. The summed E-state index contributed by atoms with van der Waals surface area (Å²) in [5.74, 6) is -1.31. The SMILES string of the molecule is Cc1ccc(CS(=O)(=O)c2cc3c(cc2C)oc(=O)n3C)cc1F. The molecule has 0 radical (unpaired) electrons. The molecule has 0 amide bonds. The number of hydrogen-bond acceptors (Lipinski definition) is 4. The van der Waals surface area contributed by atoms with Crippen molar-refractivity contribution in [2.24, 2.45) is 7.05 Å². The molecule has 0 aliphatic rings. The van der Waals surface area contributed by atoms with Crippen LogP contribution >= 0.6 is 0 Å². The van der Waals surface area contributed by atoms with Crippen LogP contribution in [-0.4, -0.2) is 13.0 Å². The number of aromatic nitrogens is 1. The van der Waals surface area contributed by atoms with Crippen LogP contribution < -0.4 is 5.76 Å². The smallest absolute Gasteiger partial charge is 0.408 e. The van der Waals surface area contributed by atoms with E-state index < -0.39 is 21.4 Å². The van der Waals surface area contributed by atoms with Crippen molar-refractivity contribution >= 4 is 20.9 Å². The van der Waals surface area contributed by atoms with E-state index in [4.69, 9.17) is 4.42 Å². The van der Waals surface area contributed by atoms with Gasteiger partial charge in [-0.05, 0) is 48.7 Å². The van der Waals surface area contributed by atoms with Gasteiger partial charge >= 0.3 is 5.76 Å². The molecule has 24 heavy (non-hydrogen) atoms. The van der Waals surface area contributed by atoms with Crippen LogP contribution in [0.1, 0.15) is 16.7 Å². The second kappa shape index (κ2) is 5.59. The van der Waals surface area contributed by atoms with Crippen molar-refractivity contribution in [3.05, 3.63) is 63.4 Å². The second-order valence-corrected chi connectivity index (χ2v) is 7.81. The zero-order valence-electron chi connectivity index (χ0n) is 13.5. The fourth-order valence-electron chi connectivity index (χ4n) is 2.61. The van der Waals surface area contributed by atoms with Crippen LogP contribution in [0, 0.1) is 19.7 Å². The van der Waals surface area contributed by atoms with Crippen molar-refractivity contribution in [2.75, 3.05) is 0 Å². The summed E-state index contributed by atoms with van der Waals surface area (Å²) in [6.07, 6.45) is 0. The quantitative estimate of drug-likeness (QED) is 0.729. The lowest BCUT2D eigenvalue weighted by molar-refractivity contribution is 0.528. The first kappa shape index (κ1) is 16.4. The molecule has 0 spiro atoms. The molecule has 0 saturated carbocycles. The van der Waals surface area contributed by atoms with E-state index in [1.165, 1.54) is 29.8 Å². The second-order valence-electron chi connectivity index (χ2n) is 5.86. The molecular formula is C17H16FNO4S. The summed E-state index contributed by atoms with van der Waals surface area (Å²) in [6.45, 7) is 3.25. The topological polar surface area (TPSA) is 69.3 Å². The summed E-state index contributed by atoms with van der Waals surface area (Å²) < 4.78 is 45.4. The van der Waals surface area contributed by atoms with Crippen molar-refractivity contribution in [3.63, 3.8) is 0 Å². The summed E-state index contributed by atoms with van der Waals surface area (Å²) in [5, 5.41) is 0. The standard InChI is InChI=1S/C17H16FNO4S/c1-10-4-5-12(7-13(10)18)9-24(21,22)16-8-14-15(6-11(16)2)23-17(20)19(14)3/h4-8H,9H2,1-3H3. The Hall–Kier alpha value is -2.41. The zero-order valence-corrected chi connectivity index (χ0v) is 14.3. The average molecular weight is 349 g/mol. The number of rotatable bonds is 3. The van der Waals surface area contributed by atoms with Crippen LogP contribution in [0.2, 0.25) is 0 Å². The highest BCUT2D eigenvalue weighted by Crippen LogP contribution is 2.26. The zero-order chi connectivity index (χ0) is 17.6. The number of oxazole rings is 1. The normalized spacial score (nSPS) is 12.0. The predicted octanol–water partition coefficient (Wildman–Crippen LogP) is 2.86. The third-order valence-corrected chi connectivity index (χ3v) is 5.84. The van der Waals surface area contributed by atoms with Gasteiger partial charge in [-0.2, -0.15) is 0 Å². The molecule has 1 aromatic heterocycles. The van der Waals surface area contributed by atoms with Gasteiger partial charge in [0.05, 0.1) is 16.2 Å². The number of nitrogens with zero attached hydrogens (tertiary/aromatic N) is 1. The molecular weight excluding hydrogens is 333 g/mol. The number of hydrogen-bond donors (Lipinski definition) is 0. The number of halogens is 1. The fraction of sp³-hybridized carbons (Fsp3) is 0.235. The van der Waals surface area contributed by atoms with Gasteiger partial charge in [-0.3, -0.25) is 4.57 Å². The Morgan fingerprint density at radius 3 is 2.50 bits per heavy atom. The predicted molar refractivity (Wildman–Crippen MR) is 88.2 cm³/mol. The van der Waals surface area contributed by atoms with Crippen molar-refractivity contribution in [2.45, 2.75) is 24.5 Å². The first-order valence-electron chi connectivity index (χ1n) is 7.27. The highest BCUT2D eigenvalue weighted by molar-refractivity contribution is 7.90. The van der Waals surface area contributed by atoms with Gasteiger partial charge in [0.15, 0.2) is 15.4 Å². The molecule has 0 aliphatic carbocycles. The molecule has 3 aromatic rings. The number of fused-ring (bicyclic) bond motifs is 1. The van der Waals surface area contributed by atoms with Crippen LogP contribution in [0.4, 0.5) is 4.39 Å². The van der Waals surface area contributed by atoms with Crippen LogP contribution in [0.15, 0.2) is 44.4 Å². The summed E-state index contributed by atoms with van der Waals surface area (Å²) in [4.78, 5) is 11.7. The van der Waals surface area contributed by atoms with Crippen LogP contribution in [0.25, 0.3) is 11.1 Å². The largest absolute Gasteiger partial charge is 0.419 e. The van der Waals surface area contributed by atoms with Crippen molar-refractivity contribution in [3.8, 4) is 0 Å². The van der Waals surface area contributed by atoms with Gasteiger partial charge in [0.25, 0.3) is 0 Å². The van der Waals surface area contributed by atoms with E-state index in [1.807, 2.05) is 0 Å². The van der Waals surface area contributed by atoms with E-state index in [9.17, 15) is 17.6 Å².